The Balaban J connectivity index is 2.23. The van der Waals surface area contributed by atoms with Crippen molar-refractivity contribution < 1.29 is 9.90 Å². The Labute approximate surface area is 122 Å². The number of pyridine rings is 1. The van der Waals surface area contributed by atoms with Crippen LogP contribution in [-0.2, 0) is 0 Å². The Hall–Kier alpha value is -2.36. The van der Waals surface area contributed by atoms with E-state index in [9.17, 15) is 9.59 Å². The lowest BCUT2D eigenvalue weighted by molar-refractivity contribution is 0.0694. The highest BCUT2D eigenvalue weighted by Gasteiger charge is 2.29. The monoisotopic (exact) mass is 283 g/mol. The van der Waals surface area contributed by atoms with Gasteiger partial charge in [-0.15, -0.1) is 0 Å². The third-order valence-corrected chi connectivity index (χ3v) is 4.06. The van der Waals surface area contributed by atoms with Gasteiger partial charge in [0.2, 0.25) is 0 Å². The molecule has 2 aromatic rings. The van der Waals surface area contributed by atoms with E-state index in [1.807, 2.05) is 32.0 Å². The van der Waals surface area contributed by atoms with Crippen LogP contribution >= 0.6 is 0 Å². The predicted octanol–water partition coefficient (Wildman–Crippen LogP) is 3.17. The van der Waals surface area contributed by atoms with E-state index in [0.717, 1.165) is 29.7 Å². The third-order valence-electron chi connectivity index (χ3n) is 4.06. The van der Waals surface area contributed by atoms with E-state index < -0.39 is 11.5 Å². The molecule has 0 unspecified atom stereocenters. The molecule has 1 aliphatic carbocycles. The predicted molar refractivity (Wildman–Crippen MR) is 80.8 cm³/mol. The fraction of sp³-hybridized carbons (Fsp3) is 0.294. The van der Waals surface area contributed by atoms with E-state index in [2.05, 4.69) is 0 Å². The first-order valence-corrected chi connectivity index (χ1v) is 7.05. The summed E-state index contributed by atoms with van der Waals surface area (Å²) in [6.07, 6.45) is 1.86. The first kappa shape index (κ1) is 13.6. The second kappa shape index (κ2) is 4.88. The van der Waals surface area contributed by atoms with Crippen molar-refractivity contribution in [3.05, 3.63) is 57.4 Å². The van der Waals surface area contributed by atoms with Crippen molar-refractivity contribution in [3.63, 3.8) is 0 Å². The minimum absolute atomic E-state index is 0.133. The quantitative estimate of drug-likeness (QED) is 0.941. The average Bonchev–Trinajstić information content (AvgIpc) is 3.25. The summed E-state index contributed by atoms with van der Waals surface area (Å²) in [6.45, 7) is 4.07. The van der Waals surface area contributed by atoms with Crippen LogP contribution in [0.25, 0.3) is 11.3 Å². The summed E-state index contributed by atoms with van der Waals surface area (Å²) >= 11 is 0. The van der Waals surface area contributed by atoms with Crippen molar-refractivity contribution >= 4 is 5.97 Å². The molecule has 1 aromatic carbocycles. The van der Waals surface area contributed by atoms with Gasteiger partial charge in [0, 0.05) is 6.04 Å². The van der Waals surface area contributed by atoms with Gasteiger partial charge in [-0.3, -0.25) is 4.79 Å². The average molecular weight is 283 g/mol. The van der Waals surface area contributed by atoms with Crippen LogP contribution in [0.3, 0.4) is 0 Å². The highest BCUT2D eigenvalue weighted by atomic mass is 16.4. The van der Waals surface area contributed by atoms with Crippen LogP contribution < -0.4 is 5.56 Å². The van der Waals surface area contributed by atoms with E-state index in [0.29, 0.717) is 0 Å². The smallest absolute Gasteiger partial charge is 0.341 e. The fourth-order valence-corrected chi connectivity index (χ4v) is 2.55. The Kier molecular flexibility index (Phi) is 3.16. The van der Waals surface area contributed by atoms with Crippen LogP contribution in [0.15, 0.2) is 35.1 Å². The first-order chi connectivity index (χ1) is 9.99. The van der Waals surface area contributed by atoms with Crippen LogP contribution in [0, 0.1) is 13.8 Å². The number of carboxylic acids is 1. The van der Waals surface area contributed by atoms with Gasteiger partial charge >= 0.3 is 5.97 Å². The summed E-state index contributed by atoms with van der Waals surface area (Å²) in [5.41, 5.74) is 3.55. The lowest BCUT2D eigenvalue weighted by Gasteiger charge is -2.14. The van der Waals surface area contributed by atoms with Gasteiger partial charge in [0.25, 0.3) is 5.56 Å². The number of rotatable bonds is 3. The number of hydrogen-bond acceptors (Lipinski definition) is 2. The Morgan fingerprint density at radius 1 is 1.14 bits per heavy atom. The van der Waals surface area contributed by atoms with Crippen molar-refractivity contribution in [3.8, 4) is 11.3 Å². The molecule has 0 saturated heterocycles. The van der Waals surface area contributed by atoms with Crippen molar-refractivity contribution in [1.82, 2.24) is 4.57 Å². The van der Waals surface area contributed by atoms with Gasteiger partial charge in [0.1, 0.15) is 5.56 Å². The van der Waals surface area contributed by atoms with Gasteiger partial charge in [0.15, 0.2) is 0 Å². The highest BCUT2D eigenvalue weighted by molar-refractivity contribution is 5.87. The maximum atomic E-state index is 12.4. The number of aryl methyl sites for hydroxylation is 2. The molecule has 4 nitrogen and oxygen atoms in total. The molecule has 0 atom stereocenters. The Morgan fingerprint density at radius 2 is 1.86 bits per heavy atom. The lowest BCUT2D eigenvalue weighted by atomic mass is 10.0. The summed E-state index contributed by atoms with van der Waals surface area (Å²) in [4.78, 5) is 23.6. The molecule has 1 saturated carbocycles. The number of benzene rings is 1. The summed E-state index contributed by atoms with van der Waals surface area (Å²) in [6, 6.07) is 9.34. The van der Waals surface area contributed by atoms with Crippen molar-refractivity contribution in [2.24, 2.45) is 0 Å². The van der Waals surface area contributed by atoms with Gasteiger partial charge in [0.05, 0.1) is 5.69 Å². The number of nitrogens with zero attached hydrogens (tertiary/aromatic N) is 1. The maximum absolute atomic E-state index is 12.4. The standard InChI is InChI=1S/C17H17NO3/c1-10-3-4-12(9-11(10)2)15-8-7-14(17(20)21)16(19)18(15)13-5-6-13/h3-4,7-9,13H,5-6H2,1-2H3,(H,20,21). The summed E-state index contributed by atoms with van der Waals surface area (Å²) in [5, 5.41) is 9.12. The van der Waals surface area contributed by atoms with Crippen molar-refractivity contribution in [1.29, 1.82) is 0 Å². The molecule has 21 heavy (non-hydrogen) atoms. The Morgan fingerprint density at radius 3 is 2.43 bits per heavy atom. The van der Waals surface area contributed by atoms with Gasteiger partial charge in [-0.2, -0.15) is 0 Å². The maximum Gasteiger partial charge on any atom is 0.341 e. The molecule has 0 radical (unpaired) electrons. The molecule has 4 heteroatoms. The van der Waals surface area contributed by atoms with E-state index in [1.165, 1.54) is 11.6 Å². The van der Waals surface area contributed by atoms with Crippen LogP contribution in [0.1, 0.15) is 40.4 Å². The largest absolute Gasteiger partial charge is 0.477 e. The molecule has 0 spiro atoms. The van der Waals surface area contributed by atoms with Gasteiger partial charge in [-0.05, 0) is 61.6 Å². The van der Waals surface area contributed by atoms with E-state index in [4.69, 9.17) is 5.11 Å². The molecular formula is C17H17NO3. The fourth-order valence-electron chi connectivity index (χ4n) is 2.55. The molecule has 0 amide bonds. The Bertz CT molecular complexity index is 785. The van der Waals surface area contributed by atoms with Gasteiger partial charge < -0.3 is 9.67 Å². The highest BCUT2D eigenvalue weighted by Crippen LogP contribution is 2.37. The summed E-state index contributed by atoms with van der Waals surface area (Å²) < 4.78 is 1.65. The second-order valence-corrected chi connectivity index (χ2v) is 5.64. The summed E-state index contributed by atoms with van der Waals surface area (Å²) in [5.74, 6) is -1.17. The van der Waals surface area contributed by atoms with Crippen LogP contribution in [0.4, 0.5) is 0 Å². The molecule has 1 aromatic heterocycles. The molecule has 3 rings (SSSR count). The number of aromatic nitrogens is 1. The van der Waals surface area contributed by atoms with Crippen LogP contribution in [0.5, 0.6) is 0 Å². The zero-order valence-electron chi connectivity index (χ0n) is 12.1. The van der Waals surface area contributed by atoms with Crippen molar-refractivity contribution in [2.75, 3.05) is 0 Å². The minimum atomic E-state index is -1.17. The zero-order chi connectivity index (χ0) is 15.1. The van der Waals surface area contributed by atoms with E-state index in [1.54, 1.807) is 10.6 Å². The molecule has 108 valence electrons. The topological polar surface area (TPSA) is 59.3 Å². The molecule has 0 bridgehead atoms. The number of carboxylic acid groups (broad SMARTS) is 1. The lowest BCUT2D eigenvalue weighted by Crippen LogP contribution is -2.26. The summed E-state index contributed by atoms with van der Waals surface area (Å²) in [7, 11) is 0. The van der Waals surface area contributed by atoms with E-state index in [-0.39, 0.29) is 11.6 Å². The number of hydrogen-bond donors (Lipinski definition) is 1. The molecule has 1 aliphatic rings. The van der Waals surface area contributed by atoms with Gasteiger partial charge in [-0.25, -0.2) is 4.79 Å². The van der Waals surface area contributed by atoms with Gasteiger partial charge in [-0.1, -0.05) is 12.1 Å². The normalized spacial score (nSPS) is 14.2. The minimum Gasteiger partial charge on any atom is -0.477 e. The first-order valence-electron chi connectivity index (χ1n) is 7.05. The zero-order valence-corrected chi connectivity index (χ0v) is 12.1. The SMILES string of the molecule is Cc1ccc(-c2ccc(C(=O)O)c(=O)n2C2CC2)cc1C. The molecule has 1 fully saturated rings. The molecule has 1 N–H and O–H groups in total. The van der Waals surface area contributed by atoms with Crippen LogP contribution in [-0.4, -0.2) is 15.6 Å². The van der Waals surface area contributed by atoms with Crippen molar-refractivity contribution in [2.45, 2.75) is 32.7 Å². The third kappa shape index (κ3) is 2.37. The number of aromatic carboxylic acids is 1. The second-order valence-electron chi connectivity index (χ2n) is 5.64. The van der Waals surface area contributed by atoms with Crippen LogP contribution in [0.2, 0.25) is 0 Å². The molecule has 1 heterocycles. The molecule has 0 aliphatic heterocycles. The number of carbonyl (C=O) groups is 1. The molecular weight excluding hydrogens is 266 g/mol. The van der Waals surface area contributed by atoms with E-state index >= 15 is 0 Å².